The summed E-state index contributed by atoms with van der Waals surface area (Å²) in [4.78, 5) is 4.83. The monoisotopic (exact) mass is 531 g/mol. The van der Waals surface area contributed by atoms with Crippen LogP contribution in [-0.2, 0) is 17.4 Å². The molecular formula is C30H31F2N5O2. The number of aliphatic hydroxyl groups is 1. The van der Waals surface area contributed by atoms with Crippen molar-refractivity contribution in [3.63, 3.8) is 0 Å². The predicted molar refractivity (Wildman–Crippen MR) is 145 cm³/mol. The molecule has 1 fully saturated rings. The molecular weight excluding hydrogens is 500 g/mol. The zero-order valence-corrected chi connectivity index (χ0v) is 22.4. The van der Waals surface area contributed by atoms with Gasteiger partial charge in [-0.2, -0.15) is 0 Å². The number of ether oxygens (including phenoxy) is 1. The first-order valence-electron chi connectivity index (χ1n) is 13.2. The van der Waals surface area contributed by atoms with Crippen LogP contribution in [0.2, 0.25) is 0 Å². The number of benzene rings is 2. The van der Waals surface area contributed by atoms with Crippen LogP contribution in [0, 0.1) is 24.5 Å². The van der Waals surface area contributed by atoms with Gasteiger partial charge in [0.25, 0.3) is 0 Å². The highest BCUT2D eigenvalue weighted by molar-refractivity contribution is 6.07. The normalized spacial score (nSPS) is 15.9. The summed E-state index contributed by atoms with van der Waals surface area (Å²) in [6.45, 7) is 6.24. The third kappa shape index (κ3) is 4.30. The highest BCUT2D eigenvalue weighted by atomic mass is 19.1. The number of halogens is 2. The molecule has 1 saturated heterocycles. The van der Waals surface area contributed by atoms with Crippen LogP contribution < -0.4 is 0 Å². The molecule has 0 unspecified atom stereocenters. The first-order valence-corrected chi connectivity index (χ1v) is 13.2. The lowest BCUT2D eigenvalue weighted by Crippen LogP contribution is -2.27. The number of hydrogen-bond acceptors (Lipinski definition) is 5. The average Bonchev–Trinajstić information content (AvgIpc) is 3.42. The van der Waals surface area contributed by atoms with E-state index in [4.69, 9.17) is 9.72 Å². The van der Waals surface area contributed by atoms with Crippen molar-refractivity contribution in [1.82, 2.24) is 24.5 Å². The number of aromatic nitrogens is 5. The van der Waals surface area contributed by atoms with Gasteiger partial charge in [0.15, 0.2) is 5.82 Å². The van der Waals surface area contributed by atoms with Crippen LogP contribution in [0.5, 0.6) is 0 Å². The zero-order chi connectivity index (χ0) is 27.5. The van der Waals surface area contributed by atoms with Crippen LogP contribution in [0.15, 0.2) is 48.7 Å². The fraction of sp³-hybridized carbons (Fsp3) is 0.367. The topological polar surface area (TPSA) is 78.0 Å². The Kier molecular flexibility index (Phi) is 6.23. The van der Waals surface area contributed by atoms with E-state index < -0.39 is 11.4 Å². The van der Waals surface area contributed by atoms with Crippen LogP contribution in [0.4, 0.5) is 8.78 Å². The van der Waals surface area contributed by atoms with E-state index in [1.807, 2.05) is 30.7 Å². The quantitative estimate of drug-likeness (QED) is 0.310. The Morgan fingerprint density at radius 3 is 2.44 bits per heavy atom. The van der Waals surface area contributed by atoms with Gasteiger partial charge in [-0.3, -0.25) is 4.98 Å². The summed E-state index contributed by atoms with van der Waals surface area (Å²) < 4.78 is 40.0. The number of pyridine rings is 1. The minimum atomic E-state index is -1.39. The summed E-state index contributed by atoms with van der Waals surface area (Å²) in [6.07, 6.45) is 3.31. The maximum atomic E-state index is 16.6. The lowest BCUT2D eigenvalue weighted by atomic mass is 9.86. The van der Waals surface area contributed by atoms with Gasteiger partial charge in [-0.1, -0.05) is 29.5 Å². The number of rotatable bonds is 5. The molecule has 5 aromatic rings. The first-order chi connectivity index (χ1) is 18.6. The van der Waals surface area contributed by atoms with Crippen molar-refractivity contribution in [3.8, 4) is 11.3 Å². The molecule has 0 spiro atoms. The van der Waals surface area contributed by atoms with Gasteiger partial charge in [-0.05, 0) is 63.3 Å². The molecule has 9 heteroatoms. The van der Waals surface area contributed by atoms with E-state index in [-0.39, 0.29) is 23.3 Å². The van der Waals surface area contributed by atoms with E-state index in [0.717, 1.165) is 40.9 Å². The highest BCUT2D eigenvalue weighted by Crippen LogP contribution is 2.43. The van der Waals surface area contributed by atoms with Gasteiger partial charge in [-0.15, -0.1) is 5.10 Å². The smallest absolute Gasteiger partial charge is 0.153 e. The average molecular weight is 532 g/mol. The first kappa shape index (κ1) is 25.6. The van der Waals surface area contributed by atoms with Crippen LogP contribution in [0.1, 0.15) is 49.6 Å². The van der Waals surface area contributed by atoms with Crippen molar-refractivity contribution in [2.75, 3.05) is 13.2 Å². The molecule has 1 aliphatic rings. The van der Waals surface area contributed by atoms with Crippen molar-refractivity contribution in [2.45, 2.75) is 45.3 Å². The molecule has 2 aromatic carbocycles. The van der Waals surface area contributed by atoms with Gasteiger partial charge >= 0.3 is 0 Å². The Hall–Kier alpha value is -3.69. The third-order valence-electron chi connectivity index (χ3n) is 7.87. The molecule has 6 rings (SSSR count). The van der Waals surface area contributed by atoms with Gasteiger partial charge in [0, 0.05) is 43.0 Å². The number of aryl methyl sites for hydroxylation is 2. The molecule has 1 N–H and O–H groups in total. The minimum Gasteiger partial charge on any atom is -0.386 e. The van der Waals surface area contributed by atoms with E-state index in [2.05, 4.69) is 10.3 Å². The van der Waals surface area contributed by atoms with Crippen LogP contribution in [-0.4, -0.2) is 42.9 Å². The van der Waals surface area contributed by atoms with E-state index in [9.17, 15) is 9.50 Å². The zero-order valence-electron chi connectivity index (χ0n) is 22.4. The van der Waals surface area contributed by atoms with Crippen molar-refractivity contribution >= 4 is 21.9 Å². The Morgan fingerprint density at radius 2 is 1.79 bits per heavy atom. The molecule has 202 valence electrons. The minimum absolute atomic E-state index is 0.108. The number of fused-ring (bicyclic) bond motifs is 3. The van der Waals surface area contributed by atoms with Gasteiger partial charge in [0.2, 0.25) is 0 Å². The molecule has 1 atom stereocenters. The molecule has 0 aliphatic carbocycles. The van der Waals surface area contributed by atoms with Crippen LogP contribution >= 0.6 is 0 Å². The fourth-order valence-corrected chi connectivity index (χ4v) is 6.03. The second-order valence-electron chi connectivity index (χ2n) is 10.9. The molecule has 39 heavy (non-hydrogen) atoms. The highest BCUT2D eigenvalue weighted by Gasteiger charge is 2.33. The van der Waals surface area contributed by atoms with Gasteiger partial charge < -0.3 is 14.4 Å². The van der Waals surface area contributed by atoms with Crippen molar-refractivity contribution < 1.29 is 18.6 Å². The third-order valence-corrected chi connectivity index (χ3v) is 7.87. The van der Waals surface area contributed by atoms with Crippen LogP contribution in [0.3, 0.4) is 0 Å². The molecule has 3 aromatic heterocycles. The Morgan fingerprint density at radius 1 is 1.08 bits per heavy atom. The molecule has 7 nitrogen and oxygen atoms in total. The number of hydrogen-bond donors (Lipinski definition) is 1. The SMILES string of the molecule is Cc1nnn(C)c1-c1cnc2c3ccc(C(C)(C)O)c(F)c3n([C@H](c3ccc(F)cc3)C3CCOCC3)c2c1. The fourth-order valence-electron chi connectivity index (χ4n) is 6.03. The molecule has 4 heterocycles. The Bertz CT molecular complexity index is 1660. The molecule has 0 amide bonds. The lowest BCUT2D eigenvalue weighted by Gasteiger charge is -2.33. The van der Waals surface area contributed by atoms with Gasteiger partial charge in [0.05, 0.1) is 39.6 Å². The van der Waals surface area contributed by atoms with E-state index >= 15 is 4.39 Å². The van der Waals surface area contributed by atoms with Crippen molar-refractivity contribution in [3.05, 3.63) is 77.1 Å². The van der Waals surface area contributed by atoms with Gasteiger partial charge in [0.1, 0.15) is 5.82 Å². The van der Waals surface area contributed by atoms with E-state index in [0.29, 0.717) is 29.6 Å². The van der Waals surface area contributed by atoms with Crippen LogP contribution in [0.25, 0.3) is 33.2 Å². The predicted octanol–water partition coefficient (Wildman–Crippen LogP) is 5.82. The summed E-state index contributed by atoms with van der Waals surface area (Å²) in [5, 5.41) is 19.8. The number of nitrogens with zero attached hydrogens (tertiary/aromatic N) is 5. The standard InChI is InChI=1S/C30H31F2N5O2/c1-17-27(36(4)35-34-17)20-15-24-26(33-16-20)22-9-10-23(30(2,3)38)25(32)29(22)37(24)28(19-11-13-39-14-12-19)18-5-7-21(31)8-6-18/h5-10,15-16,19,28,38H,11-14H2,1-4H3/t28-/m1/s1. The van der Waals surface area contributed by atoms with E-state index in [1.54, 1.807) is 42.9 Å². The Balaban J connectivity index is 1.73. The Labute approximate surface area is 225 Å². The summed E-state index contributed by atoms with van der Waals surface area (Å²) in [5.74, 6) is -0.709. The second-order valence-corrected chi connectivity index (χ2v) is 10.9. The maximum Gasteiger partial charge on any atom is 0.153 e. The summed E-state index contributed by atoms with van der Waals surface area (Å²) in [6, 6.07) is 11.6. The lowest BCUT2D eigenvalue weighted by molar-refractivity contribution is 0.0551. The van der Waals surface area contributed by atoms with Crippen molar-refractivity contribution in [1.29, 1.82) is 0 Å². The molecule has 0 bridgehead atoms. The summed E-state index contributed by atoms with van der Waals surface area (Å²) in [5.41, 5.74) is 3.85. The second kappa shape index (κ2) is 9.50. The maximum absolute atomic E-state index is 16.6. The van der Waals surface area contributed by atoms with E-state index in [1.165, 1.54) is 12.1 Å². The largest absolute Gasteiger partial charge is 0.386 e. The van der Waals surface area contributed by atoms with Crippen molar-refractivity contribution in [2.24, 2.45) is 13.0 Å². The summed E-state index contributed by atoms with van der Waals surface area (Å²) >= 11 is 0. The molecule has 1 aliphatic heterocycles. The molecule has 0 saturated carbocycles. The summed E-state index contributed by atoms with van der Waals surface area (Å²) in [7, 11) is 1.83. The molecule has 0 radical (unpaired) electrons. The van der Waals surface area contributed by atoms with Gasteiger partial charge in [-0.25, -0.2) is 13.5 Å².